The molecule has 0 heterocycles. The summed E-state index contributed by atoms with van der Waals surface area (Å²) >= 11 is 5.80. The average molecular weight is 270 g/mol. The summed E-state index contributed by atoms with van der Waals surface area (Å²) in [6.45, 7) is 6.24. The van der Waals surface area contributed by atoms with Gasteiger partial charge in [-0.05, 0) is 38.5 Å². The lowest BCUT2D eigenvalue weighted by atomic mass is 10.1. The summed E-state index contributed by atoms with van der Waals surface area (Å²) < 4.78 is 0. The van der Waals surface area contributed by atoms with Crippen LogP contribution in [0.3, 0.4) is 0 Å². The van der Waals surface area contributed by atoms with E-state index < -0.39 is 5.60 Å². The van der Waals surface area contributed by atoms with Gasteiger partial charge in [0.1, 0.15) is 0 Å². The minimum Gasteiger partial charge on any atom is -0.389 e. The Morgan fingerprint density at radius 3 is 2.33 bits per heavy atom. The maximum Gasteiger partial charge on any atom is 0.227 e. The van der Waals surface area contributed by atoms with E-state index in [2.05, 4.69) is 0 Å². The second kappa shape index (κ2) is 6.21. The lowest BCUT2D eigenvalue weighted by Gasteiger charge is -2.28. The Labute approximate surface area is 113 Å². The van der Waals surface area contributed by atoms with Crippen molar-refractivity contribution in [3.8, 4) is 0 Å². The van der Waals surface area contributed by atoms with E-state index in [1.165, 1.54) is 0 Å². The van der Waals surface area contributed by atoms with Crippen molar-refractivity contribution < 1.29 is 9.90 Å². The summed E-state index contributed by atoms with van der Waals surface area (Å²) in [4.78, 5) is 13.7. The van der Waals surface area contributed by atoms with E-state index in [9.17, 15) is 9.90 Å². The summed E-state index contributed by atoms with van der Waals surface area (Å²) in [7, 11) is 0. The molecule has 1 aromatic rings. The van der Waals surface area contributed by atoms with Crippen LogP contribution < -0.4 is 0 Å². The molecular weight excluding hydrogens is 250 g/mol. The Kier molecular flexibility index (Phi) is 5.17. The molecule has 1 rings (SSSR count). The Bertz CT molecular complexity index is 395. The van der Waals surface area contributed by atoms with Gasteiger partial charge in [0.05, 0.1) is 12.0 Å². The van der Waals surface area contributed by atoms with Gasteiger partial charge in [-0.25, -0.2) is 0 Å². The van der Waals surface area contributed by atoms with Crippen molar-refractivity contribution in [3.63, 3.8) is 0 Å². The van der Waals surface area contributed by atoms with Crippen molar-refractivity contribution in [3.05, 3.63) is 34.9 Å². The molecule has 0 aliphatic carbocycles. The monoisotopic (exact) mass is 269 g/mol. The van der Waals surface area contributed by atoms with Gasteiger partial charge >= 0.3 is 0 Å². The maximum atomic E-state index is 12.1. The standard InChI is InChI=1S/C14H20ClNO2/c1-4-16(10-14(2,3)18)13(17)9-11-5-7-12(15)8-6-11/h5-8,18H,4,9-10H2,1-3H3. The molecule has 0 saturated carbocycles. The number of carbonyl (C=O) groups excluding carboxylic acids is 1. The van der Waals surface area contributed by atoms with Crippen molar-refractivity contribution in [1.29, 1.82) is 0 Å². The molecule has 1 aromatic carbocycles. The fourth-order valence-corrected chi connectivity index (χ4v) is 1.86. The van der Waals surface area contributed by atoms with E-state index in [0.29, 0.717) is 24.5 Å². The van der Waals surface area contributed by atoms with Crippen LogP contribution in [0.25, 0.3) is 0 Å². The third kappa shape index (κ3) is 5.07. The number of aliphatic hydroxyl groups is 1. The van der Waals surface area contributed by atoms with E-state index in [0.717, 1.165) is 5.56 Å². The summed E-state index contributed by atoms with van der Waals surface area (Å²) in [5, 5.41) is 10.4. The number of amides is 1. The fraction of sp³-hybridized carbons (Fsp3) is 0.500. The first kappa shape index (κ1) is 15.0. The van der Waals surface area contributed by atoms with Gasteiger partial charge in [-0.15, -0.1) is 0 Å². The molecule has 4 heteroatoms. The summed E-state index contributed by atoms with van der Waals surface area (Å²) in [5.41, 5.74) is 0.0599. The van der Waals surface area contributed by atoms with Crippen LogP contribution in [0.15, 0.2) is 24.3 Å². The average Bonchev–Trinajstić information content (AvgIpc) is 2.27. The van der Waals surface area contributed by atoms with E-state index in [4.69, 9.17) is 11.6 Å². The molecule has 0 spiro atoms. The van der Waals surface area contributed by atoms with Crippen LogP contribution in [0.4, 0.5) is 0 Å². The minimum atomic E-state index is -0.869. The Balaban J connectivity index is 2.65. The van der Waals surface area contributed by atoms with Crippen LogP contribution in [0.2, 0.25) is 5.02 Å². The predicted molar refractivity (Wildman–Crippen MR) is 73.7 cm³/mol. The highest BCUT2D eigenvalue weighted by Gasteiger charge is 2.21. The van der Waals surface area contributed by atoms with Crippen molar-refractivity contribution in [2.45, 2.75) is 32.8 Å². The zero-order valence-corrected chi connectivity index (χ0v) is 11.9. The first-order valence-electron chi connectivity index (χ1n) is 6.06. The molecule has 0 bridgehead atoms. The fourth-order valence-electron chi connectivity index (χ4n) is 1.73. The largest absolute Gasteiger partial charge is 0.389 e. The van der Waals surface area contributed by atoms with Crippen molar-refractivity contribution in [2.24, 2.45) is 0 Å². The number of hydrogen-bond donors (Lipinski definition) is 1. The molecule has 0 atom stereocenters. The van der Waals surface area contributed by atoms with Crippen LogP contribution in [-0.2, 0) is 11.2 Å². The minimum absolute atomic E-state index is 0.0157. The van der Waals surface area contributed by atoms with Gasteiger partial charge in [0.15, 0.2) is 0 Å². The number of halogens is 1. The quantitative estimate of drug-likeness (QED) is 0.892. The van der Waals surface area contributed by atoms with Crippen LogP contribution >= 0.6 is 11.6 Å². The Morgan fingerprint density at radius 2 is 1.89 bits per heavy atom. The lowest BCUT2D eigenvalue weighted by molar-refractivity contribution is -0.133. The highest BCUT2D eigenvalue weighted by atomic mass is 35.5. The number of carbonyl (C=O) groups is 1. The maximum absolute atomic E-state index is 12.1. The van der Waals surface area contributed by atoms with Gasteiger partial charge < -0.3 is 10.0 Å². The Morgan fingerprint density at radius 1 is 1.33 bits per heavy atom. The lowest BCUT2D eigenvalue weighted by Crippen LogP contribution is -2.42. The number of benzene rings is 1. The SMILES string of the molecule is CCN(CC(C)(C)O)C(=O)Cc1ccc(Cl)cc1. The molecule has 3 nitrogen and oxygen atoms in total. The number of likely N-dealkylation sites (N-methyl/N-ethyl adjacent to an activating group) is 1. The summed E-state index contributed by atoms with van der Waals surface area (Å²) in [5.74, 6) is 0.0157. The van der Waals surface area contributed by atoms with E-state index in [1.807, 2.05) is 19.1 Å². The third-order valence-electron chi connectivity index (χ3n) is 2.58. The van der Waals surface area contributed by atoms with Crippen LogP contribution in [0, 0.1) is 0 Å². The first-order valence-corrected chi connectivity index (χ1v) is 6.44. The topological polar surface area (TPSA) is 40.5 Å². The second-order valence-corrected chi connectivity index (χ2v) is 5.46. The molecule has 18 heavy (non-hydrogen) atoms. The van der Waals surface area contributed by atoms with Crippen molar-refractivity contribution in [2.75, 3.05) is 13.1 Å². The van der Waals surface area contributed by atoms with Gasteiger partial charge in [-0.3, -0.25) is 4.79 Å². The molecule has 100 valence electrons. The molecule has 0 aliphatic rings. The highest BCUT2D eigenvalue weighted by molar-refractivity contribution is 6.30. The predicted octanol–water partition coefficient (Wildman–Crippen LogP) is 2.50. The van der Waals surface area contributed by atoms with E-state index >= 15 is 0 Å². The molecule has 0 fully saturated rings. The molecule has 0 unspecified atom stereocenters. The van der Waals surface area contributed by atoms with Gasteiger partial charge in [0, 0.05) is 18.1 Å². The second-order valence-electron chi connectivity index (χ2n) is 5.02. The van der Waals surface area contributed by atoms with Crippen molar-refractivity contribution >= 4 is 17.5 Å². The van der Waals surface area contributed by atoms with E-state index in [-0.39, 0.29) is 5.91 Å². The molecular formula is C14H20ClNO2. The highest BCUT2D eigenvalue weighted by Crippen LogP contribution is 2.12. The molecule has 0 radical (unpaired) electrons. The van der Waals surface area contributed by atoms with Gasteiger partial charge in [0.2, 0.25) is 5.91 Å². The van der Waals surface area contributed by atoms with Crippen molar-refractivity contribution in [1.82, 2.24) is 4.90 Å². The number of nitrogens with zero attached hydrogens (tertiary/aromatic N) is 1. The van der Waals surface area contributed by atoms with Gasteiger partial charge in [-0.2, -0.15) is 0 Å². The summed E-state index contributed by atoms with van der Waals surface area (Å²) in [6, 6.07) is 7.24. The summed E-state index contributed by atoms with van der Waals surface area (Å²) in [6.07, 6.45) is 0.334. The Hall–Kier alpha value is -1.06. The zero-order chi connectivity index (χ0) is 13.8. The van der Waals surface area contributed by atoms with Crippen LogP contribution in [-0.4, -0.2) is 34.6 Å². The van der Waals surface area contributed by atoms with E-state index in [1.54, 1.807) is 30.9 Å². The first-order chi connectivity index (χ1) is 8.31. The van der Waals surface area contributed by atoms with Crippen LogP contribution in [0.1, 0.15) is 26.3 Å². The van der Waals surface area contributed by atoms with Gasteiger partial charge in [0.25, 0.3) is 0 Å². The van der Waals surface area contributed by atoms with Gasteiger partial charge in [-0.1, -0.05) is 23.7 Å². The third-order valence-corrected chi connectivity index (χ3v) is 2.83. The molecule has 0 aliphatic heterocycles. The number of hydrogen-bond acceptors (Lipinski definition) is 2. The normalized spacial score (nSPS) is 11.4. The molecule has 0 aromatic heterocycles. The molecule has 1 amide bonds. The molecule has 0 saturated heterocycles. The number of rotatable bonds is 5. The van der Waals surface area contributed by atoms with Crippen LogP contribution in [0.5, 0.6) is 0 Å². The molecule has 1 N–H and O–H groups in total. The smallest absolute Gasteiger partial charge is 0.227 e. The zero-order valence-electron chi connectivity index (χ0n) is 11.1.